The topological polar surface area (TPSA) is 118 Å². The number of hydrogen-bond donors (Lipinski definition) is 2. The smallest absolute Gasteiger partial charge is 0.407 e. The molecule has 8 nitrogen and oxygen atoms in total. The molecule has 2 N–H and O–H groups in total. The number of benzene rings is 2. The van der Waals surface area contributed by atoms with Crippen molar-refractivity contribution in [3.8, 4) is 11.8 Å². The Hall–Kier alpha value is -4.32. The summed E-state index contributed by atoms with van der Waals surface area (Å²) in [6, 6.07) is 11.4. The Balaban J connectivity index is 2.40. The van der Waals surface area contributed by atoms with E-state index in [1.54, 1.807) is 45.9 Å². The van der Waals surface area contributed by atoms with Crippen LogP contribution in [0.25, 0.3) is 5.57 Å². The minimum atomic E-state index is -0.696. The minimum Gasteiger partial charge on any atom is -0.512 e. The van der Waals surface area contributed by atoms with Gasteiger partial charge in [-0.25, -0.2) is 9.18 Å². The highest BCUT2D eigenvalue weighted by Crippen LogP contribution is 2.29. The number of hydrogen-bond acceptors (Lipinski definition) is 7. The summed E-state index contributed by atoms with van der Waals surface area (Å²) in [4.78, 5) is 24.1. The van der Waals surface area contributed by atoms with E-state index in [0.717, 1.165) is 0 Å². The molecule has 0 aromatic heterocycles. The third-order valence-corrected chi connectivity index (χ3v) is 5.31. The van der Waals surface area contributed by atoms with Crippen LogP contribution in [0.5, 0.6) is 5.75 Å². The van der Waals surface area contributed by atoms with Gasteiger partial charge in [0.05, 0.1) is 30.4 Å². The predicted octanol–water partition coefficient (Wildman–Crippen LogP) is 6.49. The van der Waals surface area contributed by atoms with Gasteiger partial charge in [-0.1, -0.05) is 31.2 Å². The second-order valence-corrected chi connectivity index (χ2v) is 9.62. The van der Waals surface area contributed by atoms with Gasteiger partial charge in [0.1, 0.15) is 22.9 Å². The number of alkyl carbamates (subject to hydrolysis) is 1. The van der Waals surface area contributed by atoms with Gasteiger partial charge in [0, 0.05) is 35.2 Å². The van der Waals surface area contributed by atoms with E-state index in [4.69, 9.17) is 14.2 Å². The van der Waals surface area contributed by atoms with Crippen LogP contribution in [0.4, 0.5) is 9.18 Å². The highest BCUT2D eigenvalue weighted by molar-refractivity contribution is 5.77. The van der Waals surface area contributed by atoms with Gasteiger partial charge in [-0.15, -0.1) is 0 Å². The lowest BCUT2D eigenvalue weighted by Gasteiger charge is -2.20. The van der Waals surface area contributed by atoms with Crippen LogP contribution < -0.4 is 10.1 Å². The van der Waals surface area contributed by atoms with E-state index < -0.39 is 23.5 Å². The predicted molar refractivity (Wildman–Crippen MR) is 145 cm³/mol. The van der Waals surface area contributed by atoms with Gasteiger partial charge >= 0.3 is 12.1 Å². The first-order valence-electron chi connectivity index (χ1n) is 12.6. The molecule has 208 valence electrons. The lowest BCUT2D eigenvalue weighted by atomic mass is 9.99. The van der Waals surface area contributed by atoms with Gasteiger partial charge in [0.15, 0.2) is 0 Å². The van der Waals surface area contributed by atoms with Gasteiger partial charge in [0.25, 0.3) is 0 Å². The molecule has 0 heterocycles. The molecule has 0 unspecified atom stereocenters. The van der Waals surface area contributed by atoms with Gasteiger partial charge in [-0.2, -0.15) is 5.26 Å². The summed E-state index contributed by atoms with van der Waals surface area (Å²) < 4.78 is 31.9. The zero-order valence-electron chi connectivity index (χ0n) is 23.2. The van der Waals surface area contributed by atoms with Crippen LogP contribution in [-0.4, -0.2) is 29.4 Å². The molecular weight excluding hydrogens is 503 g/mol. The van der Waals surface area contributed by atoms with Crippen molar-refractivity contribution in [2.24, 2.45) is 0 Å². The number of rotatable bonds is 10. The molecule has 0 aliphatic heterocycles. The third kappa shape index (κ3) is 9.49. The fourth-order valence-electron chi connectivity index (χ4n) is 3.52. The highest BCUT2D eigenvalue weighted by Gasteiger charge is 2.19. The van der Waals surface area contributed by atoms with Crippen molar-refractivity contribution >= 4 is 17.6 Å². The van der Waals surface area contributed by atoms with Crippen LogP contribution in [0.15, 0.2) is 54.0 Å². The number of aliphatic hydroxyl groups is 1. The molecule has 0 radical (unpaired) electrons. The van der Waals surface area contributed by atoms with Crippen LogP contribution >= 0.6 is 0 Å². The molecule has 2 rings (SSSR count). The van der Waals surface area contributed by atoms with Crippen molar-refractivity contribution in [3.63, 3.8) is 0 Å². The molecule has 2 aromatic rings. The Morgan fingerprint density at radius 1 is 1.15 bits per heavy atom. The number of allylic oxidation sites excluding steroid dienone is 4. The van der Waals surface area contributed by atoms with E-state index in [-0.39, 0.29) is 47.8 Å². The Labute approximate surface area is 228 Å². The Morgan fingerprint density at radius 2 is 1.87 bits per heavy atom. The van der Waals surface area contributed by atoms with Crippen molar-refractivity contribution in [1.29, 1.82) is 5.26 Å². The van der Waals surface area contributed by atoms with E-state index in [9.17, 15) is 20.0 Å². The van der Waals surface area contributed by atoms with Crippen LogP contribution in [-0.2, 0) is 27.2 Å². The Bertz CT molecular complexity index is 1300. The maximum absolute atomic E-state index is 15.5. The molecule has 2 aromatic carbocycles. The van der Waals surface area contributed by atoms with E-state index in [0.29, 0.717) is 23.3 Å². The molecule has 9 heteroatoms. The Kier molecular flexibility index (Phi) is 11.1. The SMILES string of the molecule is CCOC(=O)Cc1ccc(C#N)cc1O/C(=C/C(=C(\C)O)c1cccc(CNC(=O)OC(C)(C)C)c1F)CC. The molecule has 0 bridgehead atoms. The number of esters is 1. The maximum atomic E-state index is 15.5. The number of amides is 1. The number of carbonyl (C=O) groups is 2. The van der Waals surface area contributed by atoms with E-state index in [1.165, 1.54) is 31.2 Å². The fourth-order valence-corrected chi connectivity index (χ4v) is 3.52. The zero-order valence-corrected chi connectivity index (χ0v) is 23.2. The van der Waals surface area contributed by atoms with E-state index >= 15 is 4.39 Å². The number of halogens is 1. The lowest BCUT2D eigenvalue weighted by molar-refractivity contribution is -0.142. The molecular formula is C30H35FN2O6. The number of ether oxygens (including phenoxy) is 3. The molecule has 0 spiro atoms. The number of nitrogens with zero attached hydrogens (tertiary/aromatic N) is 1. The van der Waals surface area contributed by atoms with Crippen LogP contribution in [0, 0.1) is 17.1 Å². The first kappa shape index (κ1) is 30.9. The van der Waals surface area contributed by atoms with Gasteiger partial charge < -0.3 is 24.6 Å². The molecule has 39 heavy (non-hydrogen) atoms. The molecule has 0 fully saturated rings. The molecule has 0 atom stereocenters. The zero-order chi connectivity index (χ0) is 29.2. The molecule has 0 aliphatic carbocycles. The first-order chi connectivity index (χ1) is 18.4. The van der Waals surface area contributed by atoms with Crippen molar-refractivity contribution in [2.75, 3.05) is 6.61 Å². The second kappa shape index (κ2) is 14.0. The standard InChI is InChI=1S/C30H35FN2O6/c1-7-23(38-26-14-20(17-32)12-13-21(26)15-27(35)37-8-2)16-25(19(3)34)24-11-9-10-22(28(24)31)18-33-29(36)39-30(4,5)6/h9-14,16,34H,7-8,15,18H2,1-6H3,(H,33,36)/b23-16+,25-19-. The number of nitriles is 1. The lowest BCUT2D eigenvalue weighted by Crippen LogP contribution is -2.32. The van der Waals surface area contributed by atoms with E-state index in [1.807, 2.05) is 13.0 Å². The van der Waals surface area contributed by atoms with Crippen molar-refractivity contribution < 1.29 is 33.3 Å². The number of carbonyl (C=O) groups excluding carboxylic acids is 2. The summed E-state index contributed by atoms with van der Waals surface area (Å²) in [7, 11) is 0. The summed E-state index contributed by atoms with van der Waals surface area (Å²) in [5.74, 6) is -0.590. The van der Waals surface area contributed by atoms with Crippen molar-refractivity contribution in [2.45, 2.75) is 66.5 Å². The molecule has 0 saturated carbocycles. The van der Waals surface area contributed by atoms with Crippen molar-refractivity contribution in [3.05, 3.63) is 82.1 Å². The van der Waals surface area contributed by atoms with Gasteiger partial charge in [-0.3, -0.25) is 4.79 Å². The maximum Gasteiger partial charge on any atom is 0.407 e. The quantitative estimate of drug-likeness (QED) is 0.202. The third-order valence-electron chi connectivity index (χ3n) is 5.31. The van der Waals surface area contributed by atoms with E-state index in [2.05, 4.69) is 5.32 Å². The average Bonchev–Trinajstić information content (AvgIpc) is 2.86. The Morgan fingerprint density at radius 3 is 2.46 bits per heavy atom. The highest BCUT2D eigenvalue weighted by atomic mass is 19.1. The van der Waals surface area contributed by atoms with Gasteiger partial charge in [-0.05, 0) is 52.8 Å². The number of aliphatic hydroxyl groups excluding tert-OH is 1. The largest absolute Gasteiger partial charge is 0.512 e. The molecule has 1 amide bonds. The fraction of sp³-hybridized carbons (Fsp3) is 0.367. The minimum absolute atomic E-state index is 0.0606. The first-order valence-corrected chi connectivity index (χ1v) is 12.6. The summed E-state index contributed by atoms with van der Waals surface area (Å²) in [5.41, 5.74) is 0.622. The van der Waals surface area contributed by atoms with Crippen LogP contribution in [0.3, 0.4) is 0 Å². The summed E-state index contributed by atoms with van der Waals surface area (Å²) >= 11 is 0. The number of nitrogens with one attached hydrogen (secondary N) is 1. The normalized spacial score (nSPS) is 12.2. The van der Waals surface area contributed by atoms with Crippen molar-refractivity contribution in [1.82, 2.24) is 5.32 Å². The van der Waals surface area contributed by atoms with Crippen LogP contribution in [0.1, 0.15) is 70.2 Å². The average molecular weight is 539 g/mol. The summed E-state index contributed by atoms with van der Waals surface area (Å²) in [6.45, 7) is 10.2. The molecule has 0 aliphatic rings. The second-order valence-electron chi connectivity index (χ2n) is 9.62. The van der Waals surface area contributed by atoms with Crippen LogP contribution in [0.2, 0.25) is 0 Å². The van der Waals surface area contributed by atoms with Gasteiger partial charge in [0.2, 0.25) is 0 Å². The summed E-state index contributed by atoms with van der Waals surface area (Å²) in [5, 5.41) is 22.3. The monoisotopic (exact) mass is 538 g/mol. The summed E-state index contributed by atoms with van der Waals surface area (Å²) in [6.07, 6.45) is 1.12. The molecule has 0 saturated heterocycles.